The molecule has 9 nitrogen and oxygen atoms in total. The first kappa shape index (κ1) is 18.2. The zero-order valence-corrected chi connectivity index (χ0v) is 13.8. The van der Waals surface area contributed by atoms with Gasteiger partial charge in [0.05, 0.1) is 5.92 Å². The van der Waals surface area contributed by atoms with Gasteiger partial charge >= 0.3 is 23.9 Å². The van der Waals surface area contributed by atoms with Gasteiger partial charge < -0.3 is 23.7 Å². The number of hydrogen-bond donors (Lipinski definition) is 0. The number of rotatable bonds is 4. The van der Waals surface area contributed by atoms with E-state index >= 15 is 0 Å². The summed E-state index contributed by atoms with van der Waals surface area (Å²) in [5.74, 6) is -2.90. The molecule has 24 heavy (non-hydrogen) atoms. The first-order valence-electron chi connectivity index (χ1n) is 7.54. The first-order chi connectivity index (χ1) is 11.2. The maximum atomic E-state index is 11.8. The van der Waals surface area contributed by atoms with Crippen LogP contribution in [0.1, 0.15) is 27.7 Å². The highest BCUT2D eigenvalue weighted by atomic mass is 16.7. The van der Waals surface area contributed by atoms with E-state index in [2.05, 4.69) is 0 Å². The smallest absolute Gasteiger partial charge is 0.311 e. The minimum atomic E-state index is -1.06. The minimum absolute atomic E-state index is 0.213. The molecule has 0 spiro atoms. The van der Waals surface area contributed by atoms with E-state index in [1.54, 1.807) is 6.92 Å². The number of carbonyl (C=O) groups is 4. The van der Waals surface area contributed by atoms with E-state index in [1.165, 1.54) is 20.8 Å². The van der Waals surface area contributed by atoms with E-state index in [9.17, 15) is 19.2 Å². The van der Waals surface area contributed by atoms with Crippen LogP contribution in [0.2, 0.25) is 0 Å². The molecule has 2 aliphatic rings. The van der Waals surface area contributed by atoms with Crippen LogP contribution < -0.4 is 0 Å². The van der Waals surface area contributed by atoms with Crippen molar-refractivity contribution in [3.63, 3.8) is 0 Å². The van der Waals surface area contributed by atoms with Crippen LogP contribution in [0.25, 0.3) is 0 Å². The van der Waals surface area contributed by atoms with Crippen molar-refractivity contribution in [1.29, 1.82) is 0 Å². The number of fused-ring (bicyclic) bond motifs is 1. The average molecular weight is 344 g/mol. The highest BCUT2D eigenvalue weighted by Crippen LogP contribution is 2.37. The van der Waals surface area contributed by atoms with Crippen LogP contribution >= 0.6 is 0 Å². The summed E-state index contributed by atoms with van der Waals surface area (Å²) in [5, 5.41) is 0. The topological polar surface area (TPSA) is 114 Å². The fourth-order valence-electron chi connectivity index (χ4n) is 2.85. The molecule has 0 saturated carbocycles. The third-order valence-corrected chi connectivity index (χ3v) is 3.84. The van der Waals surface area contributed by atoms with Crippen molar-refractivity contribution < 1.29 is 42.9 Å². The van der Waals surface area contributed by atoms with Crippen molar-refractivity contribution in [3.05, 3.63) is 0 Å². The second kappa shape index (κ2) is 7.16. The lowest BCUT2D eigenvalue weighted by Gasteiger charge is -2.42. The predicted octanol–water partition coefficient (Wildman–Crippen LogP) is -0.258. The average Bonchev–Trinajstić information content (AvgIpc) is 2.74. The van der Waals surface area contributed by atoms with E-state index in [0.29, 0.717) is 0 Å². The molecule has 0 N–H and O–H groups in total. The van der Waals surface area contributed by atoms with Crippen LogP contribution in [0.3, 0.4) is 0 Å². The van der Waals surface area contributed by atoms with E-state index < -0.39 is 60.3 Å². The van der Waals surface area contributed by atoms with Gasteiger partial charge in [0.1, 0.15) is 18.8 Å². The Bertz CT molecular complexity index is 543. The molecule has 0 aromatic rings. The lowest BCUT2D eigenvalue weighted by atomic mass is 9.90. The highest BCUT2D eigenvalue weighted by Gasteiger charge is 2.58. The molecule has 0 amide bonds. The Labute approximate surface area is 138 Å². The first-order valence-corrected chi connectivity index (χ1v) is 7.54. The van der Waals surface area contributed by atoms with Crippen molar-refractivity contribution >= 4 is 23.9 Å². The van der Waals surface area contributed by atoms with Crippen molar-refractivity contribution in [2.24, 2.45) is 5.92 Å². The molecule has 2 saturated heterocycles. The van der Waals surface area contributed by atoms with Gasteiger partial charge in [-0.1, -0.05) is 0 Å². The van der Waals surface area contributed by atoms with Gasteiger partial charge in [0.25, 0.3) is 0 Å². The number of hydrogen-bond acceptors (Lipinski definition) is 9. The predicted molar refractivity (Wildman–Crippen MR) is 75.4 cm³/mol. The molecule has 2 fully saturated rings. The lowest BCUT2D eigenvalue weighted by molar-refractivity contribution is -0.239. The van der Waals surface area contributed by atoms with Gasteiger partial charge in [0.15, 0.2) is 18.3 Å². The molecule has 6 atom stereocenters. The molecule has 2 heterocycles. The van der Waals surface area contributed by atoms with Gasteiger partial charge in [-0.15, -0.1) is 0 Å². The van der Waals surface area contributed by atoms with Crippen molar-refractivity contribution in [2.45, 2.75) is 58.2 Å². The fourth-order valence-corrected chi connectivity index (χ4v) is 2.85. The molecule has 0 bridgehead atoms. The summed E-state index contributed by atoms with van der Waals surface area (Å²) in [7, 11) is 0. The monoisotopic (exact) mass is 344 g/mol. The Morgan fingerprint density at radius 3 is 2.08 bits per heavy atom. The summed E-state index contributed by atoms with van der Waals surface area (Å²) < 4.78 is 26.4. The zero-order valence-electron chi connectivity index (χ0n) is 13.8. The maximum Gasteiger partial charge on any atom is 0.311 e. The van der Waals surface area contributed by atoms with Crippen molar-refractivity contribution in [2.75, 3.05) is 6.61 Å². The number of esters is 4. The highest BCUT2D eigenvalue weighted by molar-refractivity contribution is 5.76. The Balaban J connectivity index is 2.30. The minimum Gasteiger partial charge on any atom is -0.463 e. The Kier molecular flexibility index (Phi) is 5.43. The Morgan fingerprint density at radius 2 is 1.54 bits per heavy atom. The van der Waals surface area contributed by atoms with Crippen LogP contribution in [-0.4, -0.2) is 61.0 Å². The van der Waals surface area contributed by atoms with E-state index in [0.717, 1.165) is 0 Å². The SMILES string of the molecule is CC(=O)OC[C@H]1OC2C(C)C(=O)O[C@H]2[C@@H](OC(C)=O)[C@@H]1OC(C)=O. The van der Waals surface area contributed by atoms with Crippen molar-refractivity contribution in [1.82, 2.24) is 0 Å². The zero-order chi connectivity index (χ0) is 18.0. The Hall–Kier alpha value is -2.16. The third-order valence-electron chi connectivity index (χ3n) is 3.84. The van der Waals surface area contributed by atoms with Crippen LogP contribution in [0.5, 0.6) is 0 Å². The quantitative estimate of drug-likeness (QED) is 0.502. The normalized spacial score (nSPS) is 34.8. The van der Waals surface area contributed by atoms with E-state index in [1.807, 2.05) is 0 Å². The standard InChI is InChI=1S/C15H20O9/c1-6-11-13(24-15(6)19)14(22-9(4)18)12(21-8(3)17)10(23-11)5-20-7(2)16/h6,10-14H,5H2,1-4H3/t6?,10-,11?,12-,13-,14+/m1/s1. The molecule has 2 aliphatic heterocycles. The van der Waals surface area contributed by atoms with Gasteiger partial charge in [-0.05, 0) is 6.92 Å². The maximum absolute atomic E-state index is 11.8. The summed E-state index contributed by atoms with van der Waals surface area (Å²) in [5.41, 5.74) is 0. The second-order valence-corrected chi connectivity index (χ2v) is 5.78. The van der Waals surface area contributed by atoms with E-state index in [-0.39, 0.29) is 6.61 Å². The molecular weight excluding hydrogens is 324 g/mol. The van der Waals surface area contributed by atoms with Crippen LogP contribution in [0, 0.1) is 5.92 Å². The summed E-state index contributed by atoms with van der Waals surface area (Å²) in [4.78, 5) is 45.8. The van der Waals surface area contributed by atoms with Crippen molar-refractivity contribution in [3.8, 4) is 0 Å². The van der Waals surface area contributed by atoms with Crippen LogP contribution in [0.4, 0.5) is 0 Å². The van der Waals surface area contributed by atoms with Gasteiger partial charge in [-0.25, -0.2) is 0 Å². The second-order valence-electron chi connectivity index (χ2n) is 5.78. The number of ether oxygens (including phenoxy) is 5. The van der Waals surface area contributed by atoms with Crippen LogP contribution in [-0.2, 0) is 42.9 Å². The van der Waals surface area contributed by atoms with Gasteiger partial charge in [-0.2, -0.15) is 0 Å². The molecule has 0 radical (unpaired) electrons. The van der Waals surface area contributed by atoms with E-state index in [4.69, 9.17) is 23.7 Å². The molecule has 2 rings (SSSR count). The molecule has 134 valence electrons. The molecule has 0 aromatic carbocycles. The Morgan fingerprint density at radius 1 is 0.958 bits per heavy atom. The summed E-state index contributed by atoms with van der Waals surface area (Å²) in [6.45, 7) is 5.00. The van der Waals surface area contributed by atoms with Gasteiger partial charge in [-0.3, -0.25) is 19.2 Å². The molecule has 2 unspecified atom stereocenters. The molecule has 0 aliphatic carbocycles. The van der Waals surface area contributed by atoms with Gasteiger partial charge in [0.2, 0.25) is 0 Å². The summed E-state index contributed by atoms with van der Waals surface area (Å²) >= 11 is 0. The third kappa shape index (κ3) is 3.84. The van der Waals surface area contributed by atoms with Gasteiger partial charge in [0, 0.05) is 20.8 Å². The molecule has 0 aromatic heterocycles. The van der Waals surface area contributed by atoms with Crippen LogP contribution in [0.15, 0.2) is 0 Å². The number of carbonyl (C=O) groups excluding carboxylic acids is 4. The molecule has 9 heteroatoms. The molecular formula is C15H20O9. The lowest BCUT2D eigenvalue weighted by Crippen LogP contribution is -2.60. The summed E-state index contributed by atoms with van der Waals surface area (Å²) in [6, 6.07) is 0. The largest absolute Gasteiger partial charge is 0.463 e. The summed E-state index contributed by atoms with van der Waals surface area (Å²) in [6.07, 6.45) is -4.59. The fraction of sp³-hybridized carbons (Fsp3) is 0.733.